The van der Waals surface area contributed by atoms with Crippen LogP contribution in [0.25, 0.3) is 0 Å². The first-order valence-corrected chi connectivity index (χ1v) is 9.00. The molecular formula is C14H20BrNO3S. The number of aliphatic hydroxyl groups excluding tert-OH is 1. The van der Waals surface area contributed by atoms with Gasteiger partial charge in [0.05, 0.1) is 11.5 Å². The average molecular weight is 362 g/mol. The Morgan fingerprint density at radius 1 is 1.30 bits per heavy atom. The van der Waals surface area contributed by atoms with Crippen LogP contribution in [0.4, 0.5) is 0 Å². The van der Waals surface area contributed by atoms with E-state index in [0.717, 1.165) is 34.9 Å². The van der Waals surface area contributed by atoms with E-state index < -0.39 is 10.0 Å². The van der Waals surface area contributed by atoms with Gasteiger partial charge >= 0.3 is 0 Å². The first-order valence-electron chi connectivity index (χ1n) is 6.77. The van der Waals surface area contributed by atoms with Crippen molar-refractivity contribution in [3.63, 3.8) is 0 Å². The van der Waals surface area contributed by atoms with Crippen LogP contribution in [0.1, 0.15) is 30.4 Å². The molecule has 1 aliphatic heterocycles. The highest BCUT2D eigenvalue weighted by atomic mass is 79.9. The summed E-state index contributed by atoms with van der Waals surface area (Å²) >= 11 is 3.39. The van der Waals surface area contributed by atoms with Gasteiger partial charge in [0.15, 0.2) is 0 Å². The Hall–Kier alpha value is -0.430. The molecule has 1 aromatic rings. The van der Waals surface area contributed by atoms with Crippen molar-refractivity contribution < 1.29 is 13.5 Å². The molecule has 0 saturated carbocycles. The first kappa shape index (κ1) is 15.9. The summed E-state index contributed by atoms with van der Waals surface area (Å²) in [5.74, 6) is 0. The Balaban J connectivity index is 2.49. The van der Waals surface area contributed by atoms with Crippen LogP contribution in [0, 0.1) is 13.8 Å². The van der Waals surface area contributed by atoms with Crippen molar-refractivity contribution in [2.75, 3.05) is 13.2 Å². The molecule has 2 rings (SSSR count). The highest BCUT2D eigenvalue weighted by Gasteiger charge is 2.34. The van der Waals surface area contributed by atoms with E-state index in [1.54, 1.807) is 0 Å². The zero-order chi connectivity index (χ0) is 14.9. The number of hydrogen-bond acceptors (Lipinski definition) is 3. The first-order chi connectivity index (χ1) is 9.37. The fourth-order valence-corrected chi connectivity index (χ4v) is 5.68. The molecule has 20 heavy (non-hydrogen) atoms. The molecule has 0 spiro atoms. The minimum atomic E-state index is -3.55. The molecule has 0 aromatic heterocycles. The van der Waals surface area contributed by atoms with E-state index in [9.17, 15) is 13.5 Å². The predicted molar refractivity (Wildman–Crippen MR) is 82.2 cm³/mol. The van der Waals surface area contributed by atoms with Crippen molar-refractivity contribution in [1.29, 1.82) is 0 Å². The minimum absolute atomic E-state index is 0.117. The van der Waals surface area contributed by atoms with E-state index in [0.29, 0.717) is 11.4 Å². The molecule has 1 aromatic carbocycles. The smallest absolute Gasteiger partial charge is 0.243 e. The van der Waals surface area contributed by atoms with Gasteiger partial charge in [-0.15, -0.1) is 0 Å². The summed E-state index contributed by atoms with van der Waals surface area (Å²) in [5, 5.41) is 9.44. The van der Waals surface area contributed by atoms with E-state index in [1.807, 2.05) is 26.0 Å². The van der Waals surface area contributed by atoms with E-state index >= 15 is 0 Å². The molecule has 1 heterocycles. The van der Waals surface area contributed by atoms with Gasteiger partial charge in [0, 0.05) is 17.1 Å². The summed E-state index contributed by atoms with van der Waals surface area (Å²) in [4.78, 5) is 0.376. The number of piperidine rings is 1. The molecule has 1 fully saturated rings. The number of nitrogens with zero attached hydrogens (tertiary/aromatic N) is 1. The summed E-state index contributed by atoms with van der Waals surface area (Å²) < 4.78 is 28.2. The van der Waals surface area contributed by atoms with Crippen LogP contribution in [-0.2, 0) is 10.0 Å². The molecule has 1 unspecified atom stereocenters. The second-order valence-electron chi connectivity index (χ2n) is 5.32. The number of aliphatic hydroxyl groups is 1. The Bertz CT molecular complexity index is 577. The lowest BCUT2D eigenvalue weighted by atomic mass is 10.1. The van der Waals surface area contributed by atoms with Crippen LogP contribution in [0.5, 0.6) is 0 Å². The number of hydrogen-bond donors (Lipinski definition) is 1. The summed E-state index contributed by atoms with van der Waals surface area (Å²) in [6.07, 6.45) is 2.55. The van der Waals surface area contributed by atoms with Crippen LogP contribution in [0.15, 0.2) is 21.5 Å². The maximum Gasteiger partial charge on any atom is 0.243 e. The SMILES string of the molecule is Cc1cc(Br)cc(C)c1S(=O)(=O)N1CCCCC1CO. The van der Waals surface area contributed by atoms with E-state index in [1.165, 1.54) is 4.31 Å². The van der Waals surface area contributed by atoms with Gasteiger partial charge in [-0.3, -0.25) is 0 Å². The van der Waals surface area contributed by atoms with Gasteiger partial charge in [0.25, 0.3) is 0 Å². The van der Waals surface area contributed by atoms with Crippen molar-refractivity contribution in [2.45, 2.75) is 44.0 Å². The third-order valence-electron chi connectivity index (χ3n) is 3.78. The van der Waals surface area contributed by atoms with Crippen LogP contribution >= 0.6 is 15.9 Å². The summed E-state index contributed by atoms with van der Waals surface area (Å²) in [6, 6.07) is 3.34. The van der Waals surface area contributed by atoms with Crippen molar-refractivity contribution in [3.8, 4) is 0 Å². The lowest BCUT2D eigenvalue weighted by Gasteiger charge is -2.34. The van der Waals surface area contributed by atoms with E-state index in [2.05, 4.69) is 15.9 Å². The Kier molecular flexibility index (Phi) is 4.89. The number of sulfonamides is 1. The second-order valence-corrected chi connectivity index (χ2v) is 8.06. The van der Waals surface area contributed by atoms with E-state index in [-0.39, 0.29) is 12.6 Å². The van der Waals surface area contributed by atoms with Gasteiger partial charge in [-0.1, -0.05) is 22.4 Å². The number of halogens is 1. The third-order valence-corrected chi connectivity index (χ3v) is 6.49. The van der Waals surface area contributed by atoms with Gasteiger partial charge in [-0.2, -0.15) is 4.31 Å². The van der Waals surface area contributed by atoms with Gasteiger partial charge in [0.2, 0.25) is 10.0 Å². The van der Waals surface area contributed by atoms with Crippen LogP contribution in [-0.4, -0.2) is 37.0 Å². The maximum atomic E-state index is 12.9. The topological polar surface area (TPSA) is 57.6 Å². The molecule has 0 amide bonds. The van der Waals surface area contributed by atoms with Gasteiger partial charge in [-0.05, 0) is 49.9 Å². The average Bonchev–Trinajstić information content (AvgIpc) is 2.37. The third kappa shape index (κ3) is 2.93. The molecule has 0 bridgehead atoms. The van der Waals surface area contributed by atoms with Crippen molar-refractivity contribution in [1.82, 2.24) is 4.31 Å². The van der Waals surface area contributed by atoms with Crippen LogP contribution in [0.3, 0.4) is 0 Å². The van der Waals surface area contributed by atoms with Crippen LogP contribution in [0.2, 0.25) is 0 Å². The van der Waals surface area contributed by atoms with E-state index in [4.69, 9.17) is 0 Å². The standard InChI is InChI=1S/C14H20BrNO3S/c1-10-7-12(15)8-11(2)14(10)20(18,19)16-6-4-3-5-13(16)9-17/h7-8,13,17H,3-6,9H2,1-2H3. The highest BCUT2D eigenvalue weighted by molar-refractivity contribution is 9.10. The number of benzene rings is 1. The highest BCUT2D eigenvalue weighted by Crippen LogP contribution is 2.31. The molecular weight excluding hydrogens is 342 g/mol. The largest absolute Gasteiger partial charge is 0.395 e. The van der Waals surface area contributed by atoms with Gasteiger partial charge in [-0.25, -0.2) is 8.42 Å². The molecule has 112 valence electrons. The van der Waals surface area contributed by atoms with Crippen molar-refractivity contribution >= 4 is 26.0 Å². The minimum Gasteiger partial charge on any atom is -0.395 e. The van der Waals surface area contributed by atoms with Crippen LogP contribution < -0.4 is 0 Å². The summed E-state index contributed by atoms with van der Waals surface area (Å²) in [7, 11) is -3.55. The summed E-state index contributed by atoms with van der Waals surface area (Å²) in [5.41, 5.74) is 1.47. The number of aryl methyl sites for hydroxylation is 2. The second kappa shape index (κ2) is 6.13. The normalized spacial score (nSPS) is 21.1. The monoisotopic (exact) mass is 361 g/mol. The fourth-order valence-electron chi connectivity index (χ4n) is 2.89. The van der Waals surface area contributed by atoms with Gasteiger partial charge < -0.3 is 5.11 Å². The zero-order valence-electron chi connectivity index (χ0n) is 11.8. The lowest BCUT2D eigenvalue weighted by Crippen LogP contribution is -2.45. The summed E-state index contributed by atoms with van der Waals surface area (Å²) in [6.45, 7) is 3.99. The predicted octanol–water partition coefficient (Wildman–Crippen LogP) is 2.60. The van der Waals surface area contributed by atoms with Crippen molar-refractivity contribution in [3.05, 3.63) is 27.7 Å². The fraction of sp³-hybridized carbons (Fsp3) is 0.571. The molecule has 1 N–H and O–H groups in total. The van der Waals surface area contributed by atoms with Crippen molar-refractivity contribution in [2.24, 2.45) is 0 Å². The molecule has 1 aliphatic rings. The maximum absolute atomic E-state index is 12.9. The molecule has 1 atom stereocenters. The Morgan fingerprint density at radius 3 is 2.45 bits per heavy atom. The quantitative estimate of drug-likeness (QED) is 0.899. The number of rotatable bonds is 3. The molecule has 0 radical (unpaired) electrons. The zero-order valence-corrected chi connectivity index (χ0v) is 14.2. The molecule has 4 nitrogen and oxygen atoms in total. The van der Waals surface area contributed by atoms with Gasteiger partial charge in [0.1, 0.15) is 0 Å². The molecule has 6 heteroatoms. The Labute approximate surface area is 129 Å². The Morgan fingerprint density at radius 2 is 1.90 bits per heavy atom. The lowest BCUT2D eigenvalue weighted by molar-refractivity contribution is 0.155. The molecule has 0 aliphatic carbocycles. The molecule has 1 saturated heterocycles.